The Labute approximate surface area is 139 Å². The lowest BCUT2D eigenvalue weighted by Crippen LogP contribution is -2.37. The Balaban J connectivity index is 2.25. The SMILES string of the molecule is CCOc1cc(CNC(=NC)NCCCOCC(C)C)ccn1. The van der Waals surface area contributed by atoms with Gasteiger partial charge in [0.05, 0.1) is 6.61 Å². The molecule has 1 aromatic heterocycles. The van der Waals surface area contributed by atoms with Gasteiger partial charge in [0.1, 0.15) is 0 Å². The molecule has 0 fully saturated rings. The minimum atomic E-state index is 0.583. The highest BCUT2D eigenvalue weighted by Crippen LogP contribution is 2.08. The second-order valence-electron chi connectivity index (χ2n) is 5.61. The van der Waals surface area contributed by atoms with Gasteiger partial charge in [0.15, 0.2) is 5.96 Å². The van der Waals surface area contributed by atoms with E-state index in [-0.39, 0.29) is 0 Å². The van der Waals surface area contributed by atoms with E-state index < -0.39 is 0 Å². The summed E-state index contributed by atoms with van der Waals surface area (Å²) in [6.45, 7) is 9.96. The second kappa shape index (κ2) is 11.7. The van der Waals surface area contributed by atoms with Crippen molar-refractivity contribution in [1.82, 2.24) is 15.6 Å². The lowest BCUT2D eigenvalue weighted by Gasteiger charge is -2.13. The van der Waals surface area contributed by atoms with Crippen molar-refractivity contribution in [3.8, 4) is 5.88 Å². The maximum absolute atomic E-state index is 5.55. The van der Waals surface area contributed by atoms with E-state index in [0.29, 0.717) is 24.9 Å². The number of aliphatic imine (C=N–C) groups is 1. The minimum Gasteiger partial charge on any atom is -0.478 e. The van der Waals surface area contributed by atoms with Crippen LogP contribution in [0.1, 0.15) is 32.8 Å². The van der Waals surface area contributed by atoms with Crippen LogP contribution in [0.15, 0.2) is 23.3 Å². The van der Waals surface area contributed by atoms with Crippen LogP contribution in [0.3, 0.4) is 0 Å². The Kier molecular flexibility index (Phi) is 9.79. The van der Waals surface area contributed by atoms with E-state index in [4.69, 9.17) is 9.47 Å². The topological polar surface area (TPSA) is 67.8 Å². The van der Waals surface area contributed by atoms with Gasteiger partial charge in [-0.1, -0.05) is 13.8 Å². The number of hydrogen-bond acceptors (Lipinski definition) is 4. The number of nitrogens with zero attached hydrogens (tertiary/aromatic N) is 2. The van der Waals surface area contributed by atoms with Gasteiger partial charge in [-0.15, -0.1) is 0 Å². The Morgan fingerprint density at radius 2 is 2.17 bits per heavy atom. The summed E-state index contributed by atoms with van der Waals surface area (Å²) >= 11 is 0. The average Bonchev–Trinajstić information content (AvgIpc) is 2.54. The number of guanidine groups is 1. The summed E-state index contributed by atoms with van der Waals surface area (Å²) in [6, 6.07) is 3.89. The van der Waals surface area contributed by atoms with Crippen LogP contribution in [0.25, 0.3) is 0 Å². The van der Waals surface area contributed by atoms with Gasteiger partial charge in [-0.2, -0.15) is 0 Å². The number of rotatable bonds is 10. The summed E-state index contributed by atoms with van der Waals surface area (Å²) in [7, 11) is 1.77. The summed E-state index contributed by atoms with van der Waals surface area (Å²) in [6.07, 6.45) is 2.71. The van der Waals surface area contributed by atoms with Gasteiger partial charge >= 0.3 is 0 Å². The summed E-state index contributed by atoms with van der Waals surface area (Å²) in [4.78, 5) is 8.37. The van der Waals surface area contributed by atoms with Crippen molar-refractivity contribution in [1.29, 1.82) is 0 Å². The number of pyridine rings is 1. The quantitative estimate of drug-likeness (QED) is 0.393. The Bertz CT molecular complexity index is 464. The molecular formula is C17H30N4O2. The van der Waals surface area contributed by atoms with Crippen LogP contribution < -0.4 is 15.4 Å². The third-order valence-electron chi connectivity index (χ3n) is 2.98. The van der Waals surface area contributed by atoms with E-state index in [2.05, 4.69) is 34.5 Å². The first kappa shape index (κ1) is 19.2. The molecule has 0 aromatic carbocycles. The predicted octanol–water partition coefficient (Wildman–Crippen LogP) is 2.21. The van der Waals surface area contributed by atoms with E-state index in [1.807, 2.05) is 19.1 Å². The first-order chi connectivity index (χ1) is 11.2. The van der Waals surface area contributed by atoms with Crippen LogP contribution in [0.2, 0.25) is 0 Å². The standard InChI is InChI=1S/C17H30N4O2/c1-5-23-16-11-15(7-9-19-16)12-21-17(18-4)20-8-6-10-22-13-14(2)3/h7,9,11,14H,5-6,8,10,12-13H2,1-4H3,(H2,18,20,21). The lowest BCUT2D eigenvalue weighted by molar-refractivity contribution is 0.108. The zero-order chi connectivity index (χ0) is 16.9. The van der Waals surface area contributed by atoms with Gasteiger partial charge in [-0.3, -0.25) is 4.99 Å². The van der Waals surface area contributed by atoms with E-state index in [9.17, 15) is 0 Å². The zero-order valence-corrected chi connectivity index (χ0v) is 14.8. The van der Waals surface area contributed by atoms with Crippen molar-refractivity contribution in [2.75, 3.05) is 33.4 Å². The Morgan fingerprint density at radius 1 is 1.35 bits per heavy atom. The van der Waals surface area contributed by atoms with Gasteiger partial charge < -0.3 is 20.1 Å². The molecule has 0 saturated carbocycles. The van der Waals surface area contributed by atoms with Crippen LogP contribution in [0.5, 0.6) is 5.88 Å². The highest BCUT2D eigenvalue weighted by molar-refractivity contribution is 5.79. The maximum Gasteiger partial charge on any atom is 0.213 e. The second-order valence-corrected chi connectivity index (χ2v) is 5.61. The molecule has 0 amide bonds. The first-order valence-corrected chi connectivity index (χ1v) is 8.25. The smallest absolute Gasteiger partial charge is 0.213 e. The molecule has 6 nitrogen and oxygen atoms in total. The molecular weight excluding hydrogens is 292 g/mol. The molecule has 0 spiro atoms. The number of ether oxygens (including phenoxy) is 2. The monoisotopic (exact) mass is 322 g/mol. The van der Waals surface area contributed by atoms with Gasteiger partial charge in [0.2, 0.25) is 5.88 Å². The highest BCUT2D eigenvalue weighted by Gasteiger charge is 2.01. The maximum atomic E-state index is 5.55. The van der Waals surface area contributed by atoms with E-state index in [1.54, 1.807) is 13.2 Å². The molecule has 0 saturated heterocycles. The van der Waals surface area contributed by atoms with Crippen molar-refractivity contribution in [3.05, 3.63) is 23.9 Å². The summed E-state index contributed by atoms with van der Waals surface area (Å²) in [5, 5.41) is 6.56. The molecule has 0 aliphatic heterocycles. The average molecular weight is 322 g/mol. The zero-order valence-electron chi connectivity index (χ0n) is 14.8. The first-order valence-electron chi connectivity index (χ1n) is 8.25. The summed E-state index contributed by atoms with van der Waals surface area (Å²) in [5.41, 5.74) is 1.10. The third-order valence-corrected chi connectivity index (χ3v) is 2.98. The highest BCUT2D eigenvalue weighted by atomic mass is 16.5. The van der Waals surface area contributed by atoms with Crippen LogP contribution in [0, 0.1) is 5.92 Å². The molecule has 0 radical (unpaired) electrons. The molecule has 1 rings (SSSR count). The van der Waals surface area contributed by atoms with Gasteiger partial charge in [0, 0.05) is 45.6 Å². The van der Waals surface area contributed by atoms with Crippen LogP contribution in [-0.2, 0) is 11.3 Å². The van der Waals surface area contributed by atoms with Gasteiger partial charge in [0.25, 0.3) is 0 Å². The largest absolute Gasteiger partial charge is 0.478 e. The molecule has 0 atom stereocenters. The number of nitrogens with one attached hydrogen (secondary N) is 2. The van der Waals surface area contributed by atoms with Crippen LogP contribution in [-0.4, -0.2) is 44.4 Å². The fourth-order valence-corrected chi connectivity index (χ4v) is 1.89. The molecule has 130 valence electrons. The van der Waals surface area contributed by atoms with E-state index in [1.165, 1.54) is 0 Å². The van der Waals surface area contributed by atoms with Crippen molar-refractivity contribution < 1.29 is 9.47 Å². The van der Waals surface area contributed by atoms with Gasteiger partial charge in [-0.05, 0) is 30.9 Å². The van der Waals surface area contributed by atoms with Crippen molar-refractivity contribution in [2.45, 2.75) is 33.7 Å². The van der Waals surface area contributed by atoms with Crippen molar-refractivity contribution in [3.63, 3.8) is 0 Å². The molecule has 1 aromatic rings. The molecule has 23 heavy (non-hydrogen) atoms. The number of aromatic nitrogens is 1. The molecule has 6 heteroatoms. The third kappa shape index (κ3) is 9.03. The molecule has 0 aliphatic rings. The normalized spacial score (nSPS) is 11.6. The molecule has 0 aliphatic carbocycles. The lowest BCUT2D eigenvalue weighted by atomic mass is 10.2. The van der Waals surface area contributed by atoms with E-state index in [0.717, 1.165) is 37.7 Å². The fraction of sp³-hybridized carbons (Fsp3) is 0.647. The summed E-state index contributed by atoms with van der Waals surface area (Å²) < 4.78 is 11.0. The van der Waals surface area contributed by atoms with Crippen molar-refractivity contribution in [2.24, 2.45) is 10.9 Å². The summed E-state index contributed by atoms with van der Waals surface area (Å²) in [5.74, 6) is 2.01. The molecule has 0 bridgehead atoms. The van der Waals surface area contributed by atoms with Gasteiger partial charge in [-0.25, -0.2) is 4.98 Å². The van der Waals surface area contributed by atoms with Crippen LogP contribution in [0.4, 0.5) is 0 Å². The fourth-order valence-electron chi connectivity index (χ4n) is 1.89. The minimum absolute atomic E-state index is 0.583. The van der Waals surface area contributed by atoms with E-state index >= 15 is 0 Å². The van der Waals surface area contributed by atoms with Crippen molar-refractivity contribution >= 4 is 5.96 Å². The number of hydrogen-bond donors (Lipinski definition) is 2. The Morgan fingerprint density at radius 3 is 2.87 bits per heavy atom. The molecule has 2 N–H and O–H groups in total. The molecule has 0 unspecified atom stereocenters. The Hall–Kier alpha value is -1.82. The predicted molar refractivity (Wildman–Crippen MR) is 93.9 cm³/mol. The van der Waals surface area contributed by atoms with Crippen LogP contribution >= 0.6 is 0 Å². The molecule has 1 heterocycles.